The molecule has 0 saturated carbocycles. The fourth-order valence-corrected chi connectivity index (χ4v) is 2.71. The van der Waals surface area contributed by atoms with E-state index in [1.807, 2.05) is 0 Å². The molecule has 0 atom stereocenters. The molecule has 3 heteroatoms. The van der Waals surface area contributed by atoms with Gasteiger partial charge in [-0.2, -0.15) is 0 Å². The molecule has 1 heterocycles. The van der Waals surface area contributed by atoms with Gasteiger partial charge in [0.1, 0.15) is 5.52 Å². The van der Waals surface area contributed by atoms with Crippen LogP contribution in [0.4, 0.5) is 4.39 Å². The molecule has 0 saturated heterocycles. The van der Waals surface area contributed by atoms with E-state index in [0.29, 0.717) is 11.4 Å². The van der Waals surface area contributed by atoms with Crippen molar-refractivity contribution in [2.75, 3.05) is 0 Å². The van der Waals surface area contributed by atoms with E-state index in [1.165, 1.54) is 0 Å². The summed E-state index contributed by atoms with van der Waals surface area (Å²) in [6.07, 6.45) is 0. The highest BCUT2D eigenvalue weighted by Crippen LogP contribution is 2.33. The van der Waals surface area contributed by atoms with Gasteiger partial charge in [-0.05, 0) is 23.1 Å². The van der Waals surface area contributed by atoms with Gasteiger partial charge in [0, 0.05) is 5.92 Å². The van der Waals surface area contributed by atoms with Gasteiger partial charge in [0.15, 0.2) is 5.82 Å². The van der Waals surface area contributed by atoms with Gasteiger partial charge < -0.3 is 0 Å². The van der Waals surface area contributed by atoms with Crippen molar-refractivity contribution in [1.82, 2.24) is 4.98 Å². The van der Waals surface area contributed by atoms with Crippen molar-refractivity contribution >= 4 is 21.6 Å². The summed E-state index contributed by atoms with van der Waals surface area (Å²) in [5.41, 5.74) is 1.52. The SMILES string of the molecule is CC(C)c1nc2c(F)cc(C(C)(C)C)cc2s1. The van der Waals surface area contributed by atoms with Gasteiger partial charge in [0.25, 0.3) is 0 Å². The monoisotopic (exact) mass is 251 g/mol. The lowest BCUT2D eigenvalue weighted by molar-refractivity contribution is 0.576. The normalized spacial score (nSPS) is 12.6. The lowest BCUT2D eigenvalue weighted by atomic mass is 9.87. The highest BCUT2D eigenvalue weighted by Gasteiger charge is 2.18. The number of thiazole rings is 1. The number of rotatable bonds is 1. The molecule has 2 aromatic rings. The van der Waals surface area contributed by atoms with Gasteiger partial charge >= 0.3 is 0 Å². The molecule has 0 spiro atoms. The first kappa shape index (κ1) is 12.5. The van der Waals surface area contributed by atoms with E-state index < -0.39 is 0 Å². The van der Waals surface area contributed by atoms with E-state index in [-0.39, 0.29) is 11.2 Å². The fraction of sp³-hybridized carbons (Fsp3) is 0.500. The van der Waals surface area contributed by atoms with E-state index in [2.05, 4.69) is 45.7 Å². The Hall–Kier alpha value is -0.960. The Morgan fingerprint density at radius 2 is 1.88 bits per heavy atom. The van der Waals surface area contributed by atoms with Crippen LogP contribution in [0.5, 0.6) is 0 Å². The summed E-state index contributed by atoms with van der Waals surface area (Å²) < 4.78 is 15.0. The highest BCUT2D eigenvalue weighted by molar-refractivity contribution is 7.18. The van der Waals surface area contributed by atoms with Crippen LogP contribution in [-0.2, 0) is 5.41 Å². The van der Waals surface area contributed by atoms with Crippen molar-refractivity contribution in [3.05, 3.63) is 28.5 Å². The van der Waals surface area contributed by atoms with Crippen LogP contribution in [0.2, 0.25) is 0 Å². The summed E-state index contributed by atoms with van der Waals surface area (Å²) >= 11 is 1.60. The number of hydrogen-bond acceptors (Lipinski definition) is 2. The molecule has 0 radical (unpaired) electrons. The number of aromatic nitrogens is 1. The molecule has 1 aromatic carbocycles. The average molecular weight is 251 g/mol. The number of benzene rings is 1. The molecule has 92 valence electrons. The van der Waals surface area contributed by atoms with Gasteiger partial charge in [-0.1, -0.05) is 34.6 Å². The van der Waals surface area contributed by atoms with E-state index >= 15 is 0 Å². The second-order valence-corrected chi connectivity index (χ2v) is 6.82. The van der Waals surface area contributed by atoms with Gasteiger partial charge in [0.05, 0.1) is 9.71 Å². The zero-order valence-electron chi connectivity index (χ0n) is 11.0. The summed E-state index contributed by atoms with van der Waals surface area (Å²) in [5.74, 6) is 0.153. The molecule has 0 amide bonds. The van der Waals surface area contributed by atoms with E-state index in [1.54, 1.807) is 17.4 Å². The number of hydrogen-bond donors (Lipinski definition) is 0. The van der Waals surface area contributed by atoms with Crippen molar-refractivity contribution in [1.29, 1.82) is 0 Å². The van der Waals surface area contributed by atoms with Gasteiger partial charge in [0.2, 0.25) is 0 Å². The standard InChI is InChI=1S/C14H18FNS/c1-8(2)13-16-12-10(15)6-9(14(3,4)5)7-11(12)17-13/h6-8H,1-5H3. The molecule has 0 fully saturated rings. The second-order valence-electron chi connectivity index (χ2n) is 5.76. The fourth-order valence-electron chi connectivity index (χ4n) is 1.69. The van der Waals surface area contributed by atoms with Crippen LogP contribution < -0.4 is 0 Å². The molecule has 17 heavy (non-hydrogen) atoms. The van der Waals surface area contributed by atoms with Gasteiger partial charge in [-0.25, -0.2) is 9.37 Å². The second kappa shape index (κ2) is 4.05. The van der Waals surface area contributed by atoms with Gasteiger partial charge in [-0.15, -0.1) is 11.3 Å². The minimum Gasteiger partial charge on any atom is -0.238 e. The van der Waals surface area contributed by atoms with E-state index in [4.69, 9.17) is 0 Å². The number of halogens is 1. The molecule has 0 aliphatic heterocycles. The first-order chi connectivity index (χ1) is 7.79. The minimum absolute atomic E-state index is 0.0307. The maximum atomic E-state index is 14.0. The van der Waals surface area contributed by atoms with Crippen LogP contribution in [0, 0.1) is 5.82 Å². The molecular weight excluding hydrogens is 233 g/mol. The summed E-state index contributed by atoms with van der Waals surface area (Å²) in [5, 5.41) is 1.00. The van der Waals surface area contributed by atoms with E-state index in [9.17, 15) is 4.39 Å². The Kier molecular flexibility index (Phi) is 2.98. The predicted octanol–water partition coefficient (Wildman–Crippen LogP) is 4.86. The van der Waals surface area contributed by atoms with Crippen LogP contribution in [0.25, 0.3) is 10.2 Å². The van der Waals surface area contributed by atoms with Crippen LogP contribution in [-0.4, -0.2) is 4.98 Å². The lowest BCUT2D eigenvalue weighted by Crippen LogP contribution is -2.11. The number of fused-ring (bicyclic) bond motifs is 1. The van der Waals surface area contributed by atoms with Crippen molar-refractivity contribution in [2.24, 2.45) is 0 Å². The maximum Gasteiger partial charge on any atom is 0.150 e. The van der Waals surface area contributed by atoms with Crippen molar-refractivity contribution in [3.63, 3.8) is 0 Å². The Morgan fingerprint density at radius 3 is 2.41 bits per heavy atom. The zero-order chi connectivity index (χ0) is 12.8. The average Bonchev–Trinajstić information content (AvgIpc) is 2.60. The third-order valence-corrected chi connectivity index (χ3v) is 4.13. The smallest absolute Gasteiger partial charge is 0.150 e. The maximum absolute atomic E-state index is 14.0. The molecular formula is C14H18FNS. The Morgan fingerprint density at radius 1 is 1.24 bits per heavy atom. The van der Waals surface area contributed by atoms with Gasteiger partial charge in [-0.3, -0.25) is 0 Å². The quantitative estimate of drug-likeness (QED) is 0.705. The first-order valence-electron chi connectivity index (χ1n) is 5.89. The summed E-state index contributed by atoms with van der Waals surface area (Å²) in [6.45, 7) is 10.5. The first-order valence-corrected chi connectivity index (χ1v) is 6.71. The number of nitrogens with zero attached hydrogens (tertiary/aromatic N) is 1. The topological polar surface area (TPSA) is 12.9 Å². The molecule has 0 unspecified atom stereocenters. The third-order valence-electron chi connectivity index (χ3n) is 2.82. The lowest BCUT2D eigenvalue weighted by Gasteiger charge is -2.18. The van der Waals surface area contributed by atoms with Crippen molar-refractivity contribution in [3.8, 4) is 0 Å². The van der Waals surface area contributed by atoms with Crippen molar-refractivity contribution < 1.29 is 4.39 Å². The highest BCUT2D eigenvalue weighted by atomic mass is 32.1. The van der Waals surface area contributed by atoms with Crippen LogP contribution in [0.3, 0.4) is 0 Å². The Labute approximate surface area is 106 Å². The minimum atomic E-state index is -0.199. The molecule has 0 N–H and O–H groups in total. The largest absolute Gasteiger partial charge is 0.238 e. The molecule has 0 bridgehead atoms. The Bertz CT molecular complexity index is 549. The zero-order valence-corrected chi connectivity index (χ0v) is 11.8. The molecule has 2 rings (SSSR count). The van der Waals surface area contributed by atoms with E-state index in [0.717, 1.165) is 15.3 Å². The molecule has 1 aromatic heterocycles. The molecule has 0 aliphatic rings. The summed E-state index contributed by atoms with van der Waals surface area (Å²) in [6, 6.07) is 3.69. The Balaban J connectivity index is 2.65. The molecule has 0 aliphatic carbocycles. The van der Waals surface area contributed by atoms with Crippen LogP contribution in [0.15, 0.2) is 12.1 Å². The van der Waals surface area contributed by atoms with Crippen LogP contribution >= 0.6 is 11.3 Å². The summed E-state index contributed by atoms with van der Waals surface area (Å²) in [4.78, 5) is 4.38. The predicted molar refractivity (Wildman–Crippen MR) is 72.4 cm³/mol. The third kappa shape index (κ3) is 2.34. The van der Waals surface area contributed by atoms with Crippen molar-refractivity contribution in [2.45, 2.75) is 46.0 Å². The molecule has 1 nitrogen and oxygen atoms in total. The van der Waals surface area contributed by atoms with Crippen LogP contribution in [0.1, 0.15) is 51.1 Å². The summed E-state index contributed by atoms with van der Waals surface area (Å²) in [7, 11) is 0.